The predicted octanol–water partition coefficient (Wildman–Crippen LogP) is 5.95. The summed E-state index contributed by atoms with van der Waals surface area (Å²) in [6.07, 6.45) is 0. The van der Waals surface area contributed by atoms with Gasteiger partial charge in [0.15, 0.2) is 0 Å². The van der Waals surface area contributed by atoms with Crippen LogP contribution >= 0.6 is 0 Å². The lowest BCUT2D eigenvalue weighted by Crippen LogP contribution is -2.34. The average Bonchev–Trinajstić information content (AvgIpc) is 2.88. The molecule has 0 aliphatic rings. The van der Waals surface area contributed by atoms with E-state index in [1.54, 1.807) is 18.2 Å². The lowest BCUT2D eigenvalue weighted by Gasteiger charge is -2.16. The molecule has 4 aromatic carbocycles. The van der Waals surface area contributed by atoms with Gasteiger partial charge in [0.2, 0.25) is 0 Å². The van der Waals surface area contributed by atoms with Crippen LogP contribution in [0.1, 0.15) is 21.5 Å². The average molecular weight is 471 g/mol. The first kappa shape index (κ1) is 23.5. The number of carbonyl (C=O) groups is 2. The molecular formula is C28H23FN2O4. The maximum Gasteiger partial charge on any atom is 0.326 e. The van der Waals surface area contributed by atoms with Crippen LogP contribution in [0.2, 0.25) is 0 Å². The maximum absolute atomic E-state index is 13.2. The molecule has 0 aliphatic heterocycles. The van der Waals surface area contributed by atoms with E-state index < -0.39 is 17.8 Å². The fraction of sp³-hybridized carbons (Fsp3) is 0.0714. The van der Waals surface area contributed by atoms with Crippen molar-refractivity contribution in [1.29, 1.82) is 0 Å². The Balaban J connectivity index is 1.54. The number of amides is 3. The Hall–Kier alpha value is -4.65. The molecule has 176 valence electrons. The van der Waals surface area contributed by atoms with Crippen molar-refractivity contribution in [1.82, 2.24) is 5.32 Å². The third-order valence-corrected chi connectivity index (χ3v) is 5.02. The fourth-order valence-corrected chi connectivity index (χ4v) is 3.31. The number of benzene rings is 4. The molecule has 7 heteroatoms. The monoisotopic (exact) mass is 470 g/mol. The summed E-state index contributed by atoms with van der Waals surface area (Å²) < 4.78 is 25.0. The largest absolute Gasteiger partial charge is 0.488 e. The van der Waals surface area contributed by atoms with Gasteiger partial charge in [0.05, 0.1) is 0 Å². The Kier molecular flexibility index (Phi) is 7.70. The topological polar surface area (TPSA) is 76.7 Å². The summed E-state index contributed by atoms with van der Waals surface area (Å²) in [5, 5.41) is 4.80. The second-order valence-corrected chi connectivity index (χ2v) is 7.59. The van der Waals surface area contributed by atoms with Gasteiger partial charge in [-0.3, -0.25) is 10.1 Å². The van der Waals surface area contributed by atoms with Crippen LogP contribution in [0.15, 0.2) is 103 Å². The van der Waals surface area contributed by atoms with Crippen molar-refractivity contribution in [2.75, 3.05) is 5.32 Å². The van der Waals surface area contributed by atoms with E-state index in [4.69, 9.17) is 9.47 Å². The van der Waals surface area contributed by atoms with Crippen molar-refractivity contribution in [3.8, 4) is 11.5 Å². The minimum absolute atomic E-state index is 0.0913. The molecule has 0 fully saturated rings. The standard InChI is InChI=1S/C28H23FN2O4/c29-22-14-16-23(17-15-22)30-28(33)31-27(32)26-24(34-18-20-8-3-1-4-9-20)12-7-13-25(26)35-19-21-10-5-2-6-11-21/h1-17H,18-19H2,(H2,30,31,32,33). The Morgan fingerprint density at radius 2 is 1.17 bits per heavy atom. The number of halogens is 1. The number of urea groups is 1. The fourth-order valence-electron chi connectivity index (χ4n) is 3.31. The van der Waals surface area contributed by atoms with Gasteiger partial charge >= 0.3 is 6.03 Å². The van der Waals surface area contributed by atoms with E-state index in [1.807, 2.05) is 60.7 Å². The number of anilines is 1. The number of carbonyl (C=O) groups excluding carboxylic acids is 2. The number of ether oxygens (including phenoxy) is 2. The Labute approximate surface area is 202 Å². The summed E-state index contributed by atoms with van der Waals surface area (Å²) in [6.45, 7) is 0.454. The van der Waals surface area contributed by atoms with Crippen molar-refractivity contribution in [2.45, 2.75) is 13.2 Å². The highest BCUT2D eigenvalue weighted by Gasteiger charge is 2.21. The van der Waals surface area contributed by atoms with Crippen LogP contribution in [0, 0.1) is 5.82 Å². The quantitative estimate of drug-likeness (QED) is 0.334. The zero-order valence-electron chi connectivity index (χ0n) is 18.7. The number of rotatable bonds is 8. The zero-order valence-corrected chi connectivity index (χ0v) is 18.7. The molecule has 4 aromatic rings. The maximum atomic E-state index is 13.2. The van der Waals surface area contributed by atoms with Gasteiger partial charge in [-0.2, -0.15) is 0 Å². The van der Waals surface area contributed by atoms with Crippen molar-refractivity contribution >= 4 is 17.6 Å². The van der Waals surface area contributed by atoms with E-state index in [0.717, 1.165) is 11.1 Å². The normalized spacial score (nSPS) is 10.3. The molecule has 0 unspecified atom stereocenters. The van der Waals surface area contributed by atoms with E-state index in [9.17, 15) is 14.0 Å². The molecule has 0 saturated carbocycles. The van der Waals surface area contributed by atoms with E-state index in [2.05, 4.69) is 10.6 Å². The van der Waals surface area contributed by atoms with Crippen LogP contribution < -0.4 is 20.1 Å². The SMILES string of the molecule is O=C(NC(=O)c1c(OCc2ccccc2)cccc1OCc1ccccc1)Nc1ccc(F)cc1. The summed E-state index contributed by atoms with van der Waals surface area (Å²) in [5.41, 5.74) is 2.27. The highest BCUT2D eigenvalue weighted by atomic mass is 19.1. The molecular weight excluding hydrogens is 447 g/mol. The van der Waals surface area contributed by atoms with Gasteiger partial charge in [-0.05, 0) is 47.5 Å². The lowest BCUT2D eigenvalue weighted by atomic mass is 10.1. The van der Waals surface area contributed by atoms with Gasteiger partial charge in [-0.25, -0.2) is 9.18 Å². The molecule has 0 heterocycles. The van der Waals surface area contributed by atoms with Crippen LogP contribution in [0.25, 0.3) is 0 Å². The molecule has 0 aromatic heterocycles. The first-order chi connectivity index (χ1) is 17.1. The first-order valence-corrected chi connectivity index (χ1v) is 10.9. The summed E-state index contributed by atoms with van der Waals surface area (Å²) in [5.74, 6) is -0.592. The zero-order chi connectivity index (χ0) is 24.5. The van der Waals surface area contributed by atoms with Gasteiger partial charge in [0, 0.05) is 5.69 Å². The van der Waals surface area contributed by atoms with E-state index in [1.165, 1.54) is 24.3 Å². The second kappa shape index (κ2) is 11.5. The molecule has 35 heavy (non-hydrogen) atoms. The van der Waals surface area contributed by atoms with Gasteiger partial charge in [-0.1, -0.05) is 66.7 Å². The van der Waals surface area contributed by atoms with Crippen LogP contribution in [0.4, 0.5) is 14.9 Å². The predicted molar refractivity (Wildman–Crippen MR) is 131 cm³/mol. The number of hydrogen-bond acceptors (Lipinski definition) is 4. The molecule has 2 N–H and O–H groups in total. The Morgan fingerprint density at radius 1 is 0.657 bits per heavy atom. The molecule has 6 nitrogen and oxygen atoms in total. The Morgan fingerprint density at radius 3 is 1.69 bits per heavy atom. The highest BCUT2D eigenvalue weighted by Crippen LogP contribution is 2.30. The summed E-state index contributed by atoms with van der Waals surface area (Å²) in [4.78, 5) is 25.6. The molecule has 0 saturated heterocycles. The van der Waals surface area contributed by atoms with Gasteiger partial charge in [0.1, 0.15) is 36.1 Å². The van der Waals surface area contributed by atoms with E-state index in [0.29, 0.717) is 5.69 Å². The van der Waals surface area contributed by atoms with Gasteiger partial charge < -0.3 is 14.8 Å². The van der Waals surface area contributed by atoms with Crippen molar-refractivity contribution in [3.63, 3.8) is 0 Å². The molecule has 4 rings (SSSR count). The first-order valence-electron chi connectivity index (χ1n) is 10.9. The van der Waals surface area contributed by atoms with Crippen molar-refractivity contribution in [3.05, 3.63) is 126 Å². The van der Waals surface area contributed by atoms with Crippen LogP contribution in [-0.4, -0.2) is 11.9 Å². The molecule has 0 spiro atoms. The van der Waals surface area contributed by atoms with Gasteiger partial charge in [-0.15, -0.1) is 0 Å². The summed E-state index contributed by atoms with van der Waals surface area (Å²) in [7, 11) is 0. The minimum atomic E-state index is -0.770. The smallest absolute Gasteiger partial charge is 0.326 e. The second-order valence-electron chi connectivity index (χ2n) is 7.59. The summed E-state index contributed by atoms with van der Waals surface area (Å²) in [6, 6.07) is 28.5. The molecule has 0 aliphatic carbocycles. The third-order valence-electron chi connectivity index (χ3n) is 5.02. The Bertz CT molecular complexity index is 1220. The molecule has 0 atom stereocenters. The van der Waals surface area contributed by atoms with Crippen molar-refractivity contribution < 1.29 is 23.5 Å². The number of nitrogens with one attached hydrogen (secondary N) is 2. The van der Waals surface area contributed by atoms with Crippen molar-refractivity contribution in [2.24, 2.45) is 0 Å². The molecule has 3 amide bonds. The van der Waals surface area contributed by atoms with Crippen LogP contribution in [0.3, 0.4) is 0 Å². The minimum Gasteiger partial charge on any atom is -0.488 e. The molecule has 0 radical (unpaired) electrons. The van der Waals surface area contributed by atoms with E-state index >= 15 is 0 Å². The number of hydrogen-bond donors (Lipinski definition) is 2. The number of imide groups is 1. The molecule has 0 bridgehead atoms. The third kappa shape index (κ3) is 6.68. The highest BCUT2D eigenvalue weighted by molar-refractivity contribution is 6.10. The summed E-state index contributed by atoms with van der Waals surface area (Å²) >= 11 is 0. The van der Waals surface area contributed by atoms with Crippen LogP contribution in [0.5, 0.6) is 11.5 Å². The lowest BCUT2D eigenvalue weighted by molar-refractivity contribution is 0.0957. The van der Waals surface area contributed by atoms with E-state index in [-0.39, 0.29) is 30.3 Å². The van der Waals surface area contributed by atoms with Gasteiger partial charge in [0.25, 0.3) is 5.91 Å². The van der Waals surface area contributed by atoms with Crippen LogP contribution in [-0.2, 0) is 13.2 Å².